The predicted octanol–water partition coefficient (Wildman–Crippen LogP) is 2.88. The lowest BCUT2D eigenvalue weighted by Crippen LogP contribution is -2.23. The predicted molar refractivity (Wildman–Crippen MR) is 67.6 cm³/mol. The standard InChI is InChI=1S/C15H17NO2/c1-4-18-13(17)15(10-16)12(14(15,2)3)11-8-6-5-7-9-11/h5-9,12H,4H2,1-3H3. The van der Waals surface area contributed by atoms with Gasteiger partial charge < -0.3 is 4.74 Å². The molecular weight excluding hydrogens is 226 g/mol. The van der Waals surface area contributed by atoms with Crippen LogP contribution in [0, 0.1) is 22.2 Å². The summed E-state index contributed by atoms with van der Waals surface area (Å²) < 4.78 is 5.09. The zero-order valence-corrected chi connectivity index (χ0v) is 10.9. The molecule has 1 saturated carbocycles. The molecule has 0 aliphatic heterocycles. The molecule has 1 aromatic rings. The van der Waals surface area contributed by atoms with E-state index in [9.17, 15) is 10.1 Å². The van der Waals surface area contributed by atoms with Crippen molar-refractivity contribution in [3.05, 3.63) is 35.9 Å². The fraction of sp³-hybridized carbons (Fsp3) is 0.467. The fourth-order valence-electron chi connectivity index (χ4n) is 2.96. The Labute approximate surface area is 107 Å². The molecule has 0 saturated heterocycles. The van der Waals surface area contributed by atoms with Gasteiger partial charge in [-0.15, -0.1) is 0 Å². The lowest BCUT2D eigenvalue weighted by Gasteiger charge is -2.09. The summed E-state index contributed by atoms with van der Waals surface area (Å²) in [6.07, 6.45) is 0. The van der Waals surface area contributed by atoms with Gasteiger partial charge in [0, 0.05) is 11.3 Å². The van der Waals surface area contributed by atoms with Crippen molar-refractivity contribution in [2.24, 2.45) is 10.8 Å². The van der Waals surface area contributed by atoms with Gasteiger partial charge in [-0.1, -0.05) is 44.2 Å². The number of carbonyl (C=O) groups excluding carboxylic acids is 1. The van der Waals surface area contributed by atoms with Crippen molar-refractivity contribution in [1.82, 2.24) is 0 Å². The van der Waals surface area contributed by atoms with Crippen LogP contribution in [0.15, 0.2) is 30.3 Å². The van der Waals surface area contributed by atoms with E-state index >= 15 is 0 Å². The van der Waals surface area contributed by atoms with Crippen LogP contribution in [0.1, 0.15) is 32.3 Å². The van der Waals surface area contributed by atoms with Gasteiger partial charge in [0.2, 0.25) is 0 Å². The molecule has 1 aliphatic rings. The van der Waals surface area contributed by atoms with Crippen LogP contribution in [-0.2, 0) is 9.53 Å². The first kappa shape index (κ1) is 12.6. The molecule has 0 N–H and O–H groups in total. The lowest BCUT2D eigenvalue weighted by atomic mass is 9.98. The molecule has 18 heavy (non-hydrogen) atoms. The van der Waals surface area contributed by atoms with E-state index in [1.54, 1.807) is 6.92 Å². The summed E-state index contributed by atoms with van der Waals surface area (Å²) >= 11 is 0. The average Bonchev–Trinajstić information content (AvgIpc) is 2.88. The molecule has 2 rings (SSSR count). The van der Waals surface area contributed by atoms with Gasteiger partial charge >= 0.3 is 5.97 Å². The van der Waals surface area contributed by atoms with Crippen LogP contribution >= 0.6 is 0 Å². The van der Waals surface area contributed by atoms with Gasteiger partial charge in [0.1, 0.15) is 0 Å². The minimum Gasteiger partial charge on any atom is -0.465 e. The molecule has 0 aromatic heterocycles. The van der Waals surface area contributed by atoms with Crippen molar-refractivity contribution in [2.75, 3.05) is 6.61 Å². The highest BCUT2D eigenvalue weighted by atomic mass is 16.5. The van der Waals surface area contributed by atoms with Crippen LogP contribution in [0.25, 0.3) is 0 Å². The first-order chi connectivity index (χ1) is 8.52. The number of hydrogen-bond acceptors (Lipinski definition) is 3. The van der Waals surface area contributed by atoms with Crippen molar-refractivity contribution in [3.8, 4) is 6.07 Å². The summed E-state index contributed by atoms with van der Waals surface area (Å²) in [7, 11) is 0. The third-order valence-corrected chi connectivity index (χ3v) is 3.99. The highest BCUT2D eigenvalue weighted by Gasteiger charge is 2.78. The molecule has 3 heteroatoms. The number of benzene rings is 1. The Balaban J connectivity index is 2.40. The maximum absolute atomic E-state index is 12.1. The average molecular weight is 243 g/mol. The number of esters is 1. The zero-order valence-electron chi connectivity index (χ0n) is 10.9. The van der Waals surface area contributed by atoms with Gasteiger partial charge in [0.05, 0.1) is 12.7 Å². The summed E-state index contributed by atoms with van der Waals surface area (Å²) in [5.41, 5.74) is -0.392. The van der Waals surface area contributed by atoms with Gasteiger partial charge in [0.15, 0.2) is 5.41 Å². The molecule has 2 atom stereocenters. The quantitative estimate of drug-likeness (QED) is 0.767. The molecule has 1 aromatic carbocycles. The van der Waals surface area contributed by atoms with Crippen LogP contribution < -0.4 is 0 Å². The smallest absolute Gasteiger partial charge is 0.327 e. The third-order valence-electron chi connectivity index (χ3n) is 3.99. The summed E-state index contributed by atoms with van der Waals surface area (Å²) in [5.74, 6) is -0.485. The Kier molecular flexibility index (Phi) is 2.90. The Morgan fingerprint density at radius 3 is 2.50 bits per heavy atom. The minimum atomic E-state index is -1.04. The van der Waals surface area contributed by atoms with Crippen LogP contribution in [0.2, 0.25) is 0 Å². The maximum Gasteiger partial charge on any atom is 0.327 e. The summed E-state index contributed by atoms with van der Waals surface area (Å²) in [6, 6.07) is 11.9. The molecule has 0 radical (unpaired) electrons. The summed E-state index contributed by atoms with van der Waals surface area (Å²) in [6.45, 7) is 5.96. The molecule has 0 spiro atoms. The number of hydrogen-bond donors (Lipinski definition) is 0. The van der Waals surface area contributed by atoms with Crippen LogP contribution in [0.3, 0.4) is 0 Å². The van der Waals surface area contributed by atoms with Crippen LogP contribution in [0.5, 0.6) is 0 Å². The highest BCUT2D eigenvalue weighted by molar-refractivity contribution is 5.88. The molecule has 1 aliphatic carbocycles. The minimum absolute atomic E-state index is 0.0877. The van der Waals surface area contributed by atoms with Crippen molar-refractivity contribution in [1.29, 1.82) is 5.26 Å². The maximum atomic E-state index is 12.1. The van der Waals surface area contributed by atoms with E-state index < -0.39 is 11.4 Å². The number of rotatable bonds is 3. The highest BCUT2D eigenvalue weighted by Crippen LogP contribution is 2.74. The molecule has 2 unspecified atom stereocenters. The van der Waals surface area contributed by atoms with Gasteiger partial charge in [0.25, 0.3) is 0 Å². The monoisotopic (exact) mass is 243 g/mol. The third kappa shape index (κ3) is 1.45. The van der Waals surface area contributed by atoms with E-state index in [4.69, 9.17) is 4.74 Å². The molecule has 3 nitrogen and oxygen atoms in total. The number of ether oxygens (including phenoxy) is 1. The van der Waals surface area contributed by atoms with Crippen molar-refractivity contribution < 1.29 is 9.53 Å². The topological polar surface area (TPSA) is 50.1 Å². The number of nitrogens with zero attached hydrogens (tertiary/aromatic N) is 1. The van der Waals surface area contributed by atoms with Gasteiger partial charge in [-0.05, 0) is 12.5 Å². The SMILES string of the molecule is CCOC(=O)C1(C#N)C(c2ccccc2)C1(C)C. The Morgan fingerprint density at radius 1 is 1.39 bits per heavy atom. The largest absolute Gasteiger partial charge is 0.465 e. The van der Waals surface area contributed by atoms with Crippen LogP contribution in [-0.4, -0.2) is 12.6 Å². The Hall–Kier alpha value is -1.82. The molecule has 0 amide bonds. The van der Waals surface area contributed by atoms with Crippen molar-refractivity contribution in [3.63, 3.8) is 0 Å². The second-order valence-electron chi connectivity index (χ2n) is 5.21. The summed E-state index contributed by atoms with van der Waals surface area (Å²) in [4.78, 5) is 12.1. The zero-order chi connectivity index (χ0) is 13.4. The molecular formula is C15H17NO2. The second kappa shape index (κ2) is 4.13. The van der Waals surface area contributed by atoms with E-state index in [1.165, 1.54) is 0 Å². The van der Waals surface area contributed by atoms with Gasteiger partial charge in [-0.2, -0.15) is 5.26 Å². The number of nitriles is 1. The van der Waals surface area contributed by atoms with Gasteiger partial charge in [-0.3, -0.25) is 4.79 Å². The number of carbonyl (C=O) groups is 1. The van der Waals surface area contributed by atoms with E-state index in [1.807, 2.05) is 44.2 Å². The van der Waals surface area contributed by atoms with E-state index in [0.717, 1.165) is 5.56 Å². The normalized spacial score (nSPS) is 28.2. The Morgan fingerprint density at radius 2 is 2.00 bits per heavy atom. The molecule has 0 bridgehead atoms. The second-order valence-corrected chi connectivity index (χ2v) is 5.21. The summed E-state index contributed by atoms with van der Waals surface area (Å²) in [5, 5.41) is 9.47. The van der Waals surface area contributed by atoms with Gasteiger partial charge in [-0.25, -0.2) is 0 Å². The first-order valence-corrected chi connectivity index (χ1v) is 6.15. The molecule has 0 heterocycles. The lowest BCUT2D eigenvalue weighted by molar-refractivity contribution is -0.148. The molecule has 1 fully saturated rings. The van der Waals surface area contributed by atoms with E-state index in [0.29, 0.717) is 6.61 Å². The molecule has 94 valence electrons. The van der Waals surface area contributed by atoms with E-state index in [2.05, 4.69) is 6.07 Å². The Bertz CT molecular complexity index is 501. The van der Waals surface area contributed by atoms with Crippen LogP contribution in [0.4, 0.5) is 0 Å². The van der Waals surface area contributed by atoms with Crippen molar-refractivity contribution in [2.45, 2.75) is 26.7 Å². The first-order valence-electron chi connectivity index (χ1n) is 6.15. The van der Waals surface area contributed by atoms with E-state index in [-0.39, 0.29) is 11.3 Å². The fourth-order valence-corrected chi connectivity index (χ4v) is 2.96. The van der Waals surface area contributed by atoms with Crippen molar-refractivity contribution >= 4 is 5.97 Å².